The molecule has 0 aromatic heterocycles. The Hall–Kier alpha value is -0.570. The van der Waals surface area contributed by atoms with Crippen molar-refractivity contribution in [1.29, 1.82) is 0 Å². The van der Waals surface area contributed by atoms with Gasteiger partial charge < -0.3 is 4.74 Å². The molecule has 3 nitrogen and oxygen atoms in total. The van der Waals surface area contributed by atoms with E-state index in [-0.39, 0.29) is 12.2 Å². The maximum atomic E-state index is 10.2. The zero-order valence-electron chi connectivity index (χ0n) is 3.89. The fraction of sp³-hybridized carbons (Fsp3) is 0.750. The lowest BCUT2D eigenvalue weighted by molar-refractivity contribution is -0.141. The summed E-state index contributed by atoms with van der Waals surface area (Å²) in [4.78, 5) is 10.2. The highest BCUT2D eigenvalue weighted by Crippen LogP contribution is 2.07. The fourth-order valence-corrected chi connectivity index (χ4v) is 0.547. The predicted molar refractivity (Wildman–Crippen MR) is 23.3 cm³/mol. The van der Waals surface area contributed by atoms with Crippen LogP contribution < -0.4 is 5.73 Å². The Morgan fingerprint density at radius 1 is 1.86 bits per heavy atom. The molecule has 0 spiro atoms. The van der Waals surface area contributed by atoms with Crippen LogP contribution in [0.4, 0.5) is 0 Å². The van der Waals surface area contributed by atoms with Crippen LogP contribution in [0.25, 0.3) is 0 Å². The molecule has 0 unspecified atom stereocenters. The van der Waals surface area contributed by atoms with E-state index in [2.05, 4.69) is 4.74 Å². The highest BCUT2D eigenvalue weighted by atomic mass is 16.6. The molecular formula is C4H7NO2. The van der Waals surface area contributed by atoms with Crippen molar-refractivity contribution in [2.75, 3.05) is 0 Å². The Balaban J connectivity index is 2.40. The largest absolute Gasteiger partial charge is 0.447 e. The lowest BCUT2D eigenvalue weighted by atomic mass is 10.3. The van der Waals surface area contributed by atoms with Crippen LogP contribution in [0.5, 0.6) is 0 Å². The molecule has 1 atom stereocenters. The van der Waals surface area contributed by atoms with Crippen molar-refractivity contribution in [2.24, 2.45) is 5.73 Å². The van der Waals surface area contributed by atoms with Gasteiger partial charge in [-0.3, -0.25) is 10.5 Å². The fourth-order valence-electron chi connectivity index (χ4n) is 0.547. The number of esters is 1. The quantitative estimate of drug-likeness (QED) is 0.423. The molecule has 7 heavy (non-hydrogen) atoms. The van der Waals surface area contributed by atoms with Crippen LogP contribution in [-0.4, -0.2) is 12.2 Å². The molecule has 40 valence electrons. The van der Waals surface area contributed by atoms with E-state index in [1.54, 1.807) is 0 Å². The third-order valence-corrected chi connectivity index (χ3v) is 0.916. The van der Waals surface area contributed by atoms with Gasteiger partial charge in [-0.2, -0.15) is 0 Å². The van der Waals surface area contributed by atoms with Gasteiger partial charge in [0.05, 0.1) is 6.42 Å². The van der Waals surface area contributed by atoms with Gasteiger partial charge in [-0.15, -0.1) is 0 Å². The summed E-state index contributed by atoms with van der Waals surface area (Å²) in [5.74, 6) is -0.174. The summed E-state index contributed by atoms with van der Waals surface area (Å²) in [5.41, 5.74) is 5.18. The second kappa shape index (κ2) is 1.50. The van der Waals surface area contributed by atoms with Crippen molar-refractivity contribution in [3.8, 4) is 0 Å². The first-order valence-electron chi connectivity index (χ1n) is 2.24. The SMILES string of the molecule is N[C@H]1CCC(=O)O1. The first kappa shape index (κ1) is 4.59. The molecule has 0 amide bonds. The molecule has 3 heteroatoms. The molecule has 1 fully saturated rings. The predicted octanol–water partition coefficient (Wildman–Crippen LogP) is -0.392. The van der Waals surface area contributed by atoms with Gasteiger partial charge in [-0.25, -0.2) is 0 Å². The minimum absolute atomic E-state index is 0.174. The second-order valence-corrected chi connectivity index (χ2v) is 1.57. The van der Waals surface area contributed by atoms with E-state index in [9.17, 15) is 4.79 Å². The zero-order valence-corrected chi connectivity index (χ0v) is 3.89. The number of ether oxygens (including phenoxy) is 1. The number of cyclic esters (lactones) is 1. The van der Waals surface area contributed by atoms with Crippen LogP contribution in [0.15, 0.2) is 0 Å². The molecule has 1 aliphatic heterocycles. The van der Waals surface area contributed by atoms with Crippen molar-refractivity contribution >= 4 is 5.97 Å². The first-order valence-corrected chi connectivity index (χ1v) is 2.24. The highest BCUT2D eigenvalue weighted by Gasteiger charge is 2.18. The van der Waals surface area contributed by atoms with Gasteiger partial charge in [0.1, 0.15) is 0 Å². The van der Waals surface area contributed by atoms with E-state index in [1.807, 2.05) is 0 Å². The smallest absolute Gasteiger partial charge is 0.307 e. The highest BCUT2D eigenvalue weighted by molar-refractivity contribution is 5.71. The first-order chi connectivity index (χ1) is 3.29. The van der Waals surface area contributed by atoms with E-state index in [0.717, 1.165) is 0 Å². The Bertz CT molecular complexity index is 91.7. The Kier molecular flexibility index (Phi) is 0.982. The summed E-state index contributed by atoms with van der Waals surface area (Å²) in [6.45, 7) is 0. The molecule has 0 aromatic rings. The van der Waals surface area contributed by atoms with Gasteiger partial charge in [0.25, 0.3) is 0 Å². The molecule has 0 bridgehead atoms. The van der Waals surface area contributed by atoms with Crippen LogP contribution in [0.3, 0.4) is 0 Å². The Morgan fingerprint density at radius 3 is 2.71 bits per heavy atom. The zero-order chi connectivity index (χ0) is 5.28. The summed E-state index contributed by atoms with van der Waals surface area (Å²) >= 11 is 0. The maximum absolute atomic E-state index is 10.2. The molecule has 1 rings (SSSR count). The molecular weight excluding hydrogens is 94.0 g/mol. The molecule has 0 radical (unpaired) electrons. The third kappa shape index (κ3) is 0.899. The second-order valence-electron chi connectivity index (χ2n) is 1.57. The van der Waals surface area contributed by atoms with E-state index in [0.29, 0.717) is 12.8 Å². The lowest BCUT2D eigenvalue weighted by Crippen LogP contribution is -2.17. The summed E-state index contributed by atoms with van der Waals surface area (Å²) in [7, 11) is 0. The maximum Gasteiger partial charge on any atom is 0.307 e. The average molecular weight is 101 g/mol. The molecule has 1 saturated heterocycles. The molecule has 2 N–H and O–H groups in total. The Labute approximate surface area is 41.4 Å². The summed E-state index contributed by atoms with van der Waals surface area (Å²) in [6.07, 6.45) is 0.840. The molecule has 1 heterocycles. The number of carbonyl (C=O) groups excluding carboxylic acids is 1. The van der Waals surface area contributed by atoms with Crippen molar-refractivity contribution in [3.05, 3.63) is 0 Å². The lowest BCUT2D eigenvalue weighted by Gasteiger charge is -1.96. The van der Waals surface area contributed by atoms with E-state index in [4.69, 9.17) is 5.73 Å². The van der Waals surface area contributed by atoms with Crippen LogP contribution in [-0.2, 0) is 9.53 Å². The minimum atomic E-state index is -0.326. The van der Waals surface area contributed by atoms with E-state index < -0.39 is 0 Å². The number of hydrogen-bond donors (Lipinski definition) is 1. The van der Waals surface area contributed by atoms with Crippen molar-refractivity contribution in [2.45, 2.75) is 19.1 Å². The average Bonchev–Trinajstić information content (AvgIpc) is 1.87. The van der Waals surface area contributed by atoms with E-state index >= 15 is 0 Å². The van der Waals surface area contributed by atoms with Crippen molar-refractivity contribution in [3.63, 3.8) is 0 Å². The van der Waals surface area contributed by atoms with Crippen LogP contribution in [0, 0.1) is 0 Å². The minimum Gasteiger partial charge on any atom is -0.447 e. The normalized spacial score (nSPS) is 30.4. The molecule has 0 aliphatic carbocycles. The third-order valence-electron chi connectivity index (χ3n) is 0.916. The number of nitrogens with two attached hydrogens (primary N) is 1. The number of rotatable bonds is 0. The van der Waals surface area contributed by atoms with Crippen molar-refractivity contribution < 1.29 is 9.53 Å². The summed E-state index contributed by atoms with van der Waals surface area (Å²) < 4.78 is 4.50. The van der Waals surface area contributed by atoms with Crippen LogP contribution >= 0.6 is 0 Å². The number of carbonyl (C=O) groups is 1. The van der Waals surface area contributed by atoms with Crippen LogP contribution in [0.1, 0.15) is 12.8 Å². The van der Waals surface area contributed by atoms with Gasteiger partial charge in [-0.1, -0.05) is 0 Å². The number of hydrogen-bond acceptors (Lipinski definition) is 3. The van der Waals surface area contributed by atoms with Gasteiger partial charge in [0.2, 0.25) is 0 Å². The molecule has 0 aromatic carbocycles. The van der Waals surface area contributed by atoms with Crippen LogP contribution in [0.2, 0.25) is 0 Å². The molecule has 1 aliphatic rings. The van der Waals surface area contributed by atoms with Gasteiger partial charge in [0, 0.05) is 6.42 Å². The van der Waals surface area contributed by atoms with Gasteiger partial charge in [0.15, 0.2) is 6.23 Å². The molecule has 0 saturated carbocycles. The topological polar surface area (TPSA) is 52.3 Å². The monoisotopic (exact) mass is 101 g/mol. The standard InChI is InChI=1S/C4H7NO2/c5-3-1-2-4(6)7-3/h3H,1-2,5H2/t3-/m1/s1. The summed E-state index contributed by atoms with van der Waals surface area (Å²) in [6, 6.07) is 0. The van der Waals surface area contributed by atoms with Gasteiger partial charge >= 0.3 is 5.97 Å². The van der Waals surface area contributed by atoms with Crippen molar-refractivity contribution in [1.82, 2.24) is 0 Å². The summed E-state index contributed by atoms with van der Waals surface area (Å²) in [5, 5.41) is 0. The Morgan fingerprint density at radius 2 is 2.57 bits per heavy atom. The van der Waals surface area contributed by atoms with E-state index in [1.165, 1.54) is 0 Å². The van der Waals surface area contributed by atoms with Gasteiger partial charge in [-0.05, 0) is 0 Å².